The highest BCUT2D eigenvalue weighted by molar-refractivity contribution is 8.00. The molecule has 1 aromatic heterocycles. The predicted molar refractivity (Wildman–Crippen MR) is 110 cm³/mol. The Labute approximate surface area is 165 Å². The molecule has 0 unspecified atom stereocenters. The molecule has 0 aliphatic carbocycles. The zero-order valence-electron chi connectivity index (χ0n) is 14.0. The Morgan fingerprint density at radius 2 is 1.96 bits per heavy atom. The van der Waals surface area contributed by atoms with Gasteiger partial charge >= 0.3 is 0 Å². The number of benzene rings is 2. The lowest BCUT2D eigenvalue weighted by molar-refractivity contribution is -0.111. The van der Waals surface area contributed by atoms with Crippen molar-refractivity contribution in [2.45, 2.75) is 17.0 Å². The van der Waals surface area contributed by atoms with Crippen LogP contribution in [0, 0.1) is 6.92 Å². The molecule has 0 saturated carbocycles. The SMILES string of the molecule is Cc1ccccc1CSc1nnc(NC(=O)/C=C/c2ccccc2Cl)s1. The van der Waals surface area contributed by atoms with Gasteiger partial charge in [0.1, 0.15) is 0 Å². The Kier molecular flexibility index (Phi) is 6.44. The largest absolute Gasteiger partial charge is 0.297 e. The van der Waals surface area contributed by atoms with E-state index < -0.39 is 0 Å². The van der Waals surface area contributed by atoms with E-state index in [0.29, 0.717) is 10.2 Å². The van der Waals surface area contributed by atoms with Crippen LogP contribution in [0.2, 0.25) is 5.02 Å². The van der Waals surface area contributed by atoms with Gasteiger partial charge in [-0.2, -0.15) is 0 Å². The minimum absolute atomic E-state index is 0.267. The molecule has 3 rings (SSSR count). The molecule has 1 N–H and O–H groups in total. The smallest absolute Gasteiger partial charge is 0.250 e. The molecule has 132 valence electrons. The standard InChI is InChI=1S/C19H16ClN3OS2/c1-13-6-2-3-8-15(13)12-25-19-23-22-18(26-19)21-17(24)11-10-14-7-4-5-9-16(14)20/h2-11H,12H2,1H3,(H,21,22,24)/b11-10+. The molecule has 0 atom stereocenters. The number of hydrogen-bond donors (Lipinski definition) is 1. The van der Waals surface area contributed by atoms with Crippen LogP contribution >= 0.6 is 34.7 Å². The van der Waals surface area contributed by atoms with E-state index in [4.69, 9.17) is 11.6 Å². The van der Waals surface area contributed by atoms with Crippen molar-refractivity contribution >= 4 is 51.8 Å². The summed E-state index contributed by atoms with van der Waals surface area (Å²) in [4.78, 5) is 12.0. The van der Waals surface area contributed by atoms with Crippen LogP contribution in [0.5, 0.6) is 0 Å². The van der Waals surface area contributed by atoms with E-state index in [9.17, 15) is 4.79 Å². The number of carbonyl (C=O) groups is 1. The normalized spacial score (nSPS) is 11.0. The van der Waals surface area contributed by atoms with Crippen LogP contribution in [-0.2, 0) is 10.5 Å². The summed E-state index contributed by atoms with van der Waals surface area (Å²) in [6, 6.07) is 15.6. The van der Waals surface area contributed by atoms with Crippen molar-refractivity contribution in [1.29, 1.82) is 0 Å². The van der Waals surface area contributed by atoms with Gasteiger partial charge in [0.05, 0.1) is 0 Å². The average molecular weight is 402 g/mol. The van der Waals surface area contributed by atoms with E-state index in [1.165, 1.54) is 28.5 Å². The van der Waals surface area contributed by atoms with Gasteiger partial charge in [-0.25, -0.2) is 0 Å². The highest BCUT2D eigenvalue weighted by Crippen LogP contribution is 2.29. The van der Waals surface area contributed by atoms with E-state index in [1.807, 2.05) is 30.3 Å². The molecule has 0 fully saturated rings. The topological polar surface area (TPSA) is 54.9 Å². The molecule has 0 bridgehead atoms. The highest BCUT2D eigenvalue weighted by atomic mass is 35.5. The summed E-state index contributed by atoms with van der Waals surface area (Å²) in [5, 5.41) is 11.9. The molecule has 1 heterocycles. The average Bonchev–Trinajstić information content (AvgIpc) is 3.08. The summed E-state index contributed by atoms with van der Waals surface area (Å²) in [6.07, 6.45) is 3.11. The van der Waals surface area contributed by atoms with Gasteiger partial charge in [-0.3, -0.25) is 10.1 Å². The Morgan fingerprint density at radius 1 is 1.19 bits per heavy atom. The minimum Gasteiger partial charge on any atom is -0.297 e. The summed E-state index contributed by atoms with van der Waals surface area (Å²) in [6.45, 7) is 2.09. The number of amides is 1. The second kappa shape index (κ2) is 8.98. The summed E-state index contributed by atoms with van der Waals surface area (Å²) < 4.78 is 0.818. The van der Waals surface area contributed by atoms with Crippen molar-refractivity contribution in [1.82, 2.24) is 10.2 Å². The van der Waals surface area contributed by atoms with Crippen LogP contribution < -0.4 is 5.32 Å². The fourth-order valence-corrected chi connectivity index (χ4v) is 4.18. The van der Waals surface area contributed by atoms with E-state index in [0.717, 1.165) is 15.7 Å². The number of halogens is 1. The Hall–Kier alpha value is -2.15. The number of hydrogen-bond acceptors (Lipinski definition) is 5. The number of anilines is 1. The lowest BCUT2D eigenvalue weighted by Gasteiger charge is -2.02. The van der Waals surface area contributed by atoms with Crippen LogP contribution in [-0.4, -0.2) is 16.1 Å². The van der Waals surface area contributed by atoms with Crippen molar-refractivity contribution in [2.75, 3.05) is 5.32 Å². The molecule has 2 aromatic carbocycles. The van der Waals surface area contributed by atoms with Crippen LogP contribution in [0.4, 0.5) is 5.13 Å². The molecule has 0 spiro atoms. The maximum Gasteiger partial charge on any atom is 0.250 e. The van der Waals surface area contributed by atoms with Gasteiger partial charge in [0, 0.05) is 16.9 Å². The number of aromatic nitrogens is 2. The van der Waals surface area contributed by atoms with Gasteiger partial charge in [0.25, 0.3) is 0 Å². The van der Waals surface area contributed by atoms with E-state index >= 15 is 0 Å². The van der Waals surface area contributed by atoms with Gasteiger partial charge in [-0.1, -0.05) is 77.2 Å². The maximum atomic E-state index is 12.0. The zero-order valence-corrected chi connectivity index (χ0v) is 16.4. The third-order valence-corrected chi connectivity index (χ3v) is 5.93. The van der Waals surface area contributed by atoms with Crippen LogP contribution in [0.25, 0.3) is 6.08 Å². The molecule has 4 nitrogen and oxygen atoms in total. The second-order valence-electron chi connectivity index (χ2n) is 5.43. The van der Waals surface area contributed by atoms with Crippen molar-refractivity contribution in [3.8, 4) is 0 Å². The second-order valence-corrected chi connectivity index (χ2v) is 8.04. The maximum absolute atomic E-state index is 12.0. The molecule has 7 heteroatoms. The molecule has 0 saturated heterocycles. The van der Waals surface area contributed by atoms with Gasteiger partial charge in [-0.05, 0) is 35.8 Å². The Bertz CT molecular complexity index is 940. The van der Waals surface area contributed by atoms with Crippen molar-refractivity contribution < 1.29 is 4.79 Å². The fraction of sp³-hybridized carbons (Fsp3) is 0.105. The van der Waals surface area contributed by atoms with E-state index in [-0.39, 0.29) is 5.91 Å². The predicted octanol–water partition coefficient (Wildman–Crippen LogP) is 5.44. The van der Waals surface area contributed by atoms with Crippen molar-refractivity contribution in [3.63, 3.8) is 0 Å². The molecule has 0 aliphatic rings. The van der Waals surface area contributed by atoms with E-state index in [1.54, 1.807) is 23.9 Å². The number of nitrogens with zero attached hydrogens (tertiary/aromatic N) is 2. The van der Waals surface area contributed by atoms with Gasteiger partial charge < -0.3 is 0 Å². The first-order valence-electron chi connectivity index (χ1n) is 7.86. The first-order chi connectivity index (χ1) is 12.6. The Balaban J connectivity index is 1.55. The quantitative estimate of drug-likeness (QED) is 0.339. The highest BCUT2D eigenvalue weighted by Gasteiger charge is 2.08. The third kappa shape index (κ3) is 5.17. The van der Waals surface area contributed by atoms with E-state index in [2.05, 4.69) is 34.6 Å². The number of aryl methyl sites for hydroxylation is 1. The summed E-state index contributed by atoms with van der Waals surface area (Å²) in [5.74, 6) is 0.554. The summed E-state index contributed by atoms with van der Waals surface area (Å²) in [7, 11) is 0. The molecule has 3 aromatic rings. The molecular weight excluding hydrogens is 386 g/mol. The van der Waals surface area contributed by atoms with Crippen molar-refractivity contribution in [2.24, 2.45) is 0 Å². The molecule has 0 radical (unpaired) electrons. The number of thioether (sulfide) groups is 1. The van der Waals surface area contributed by atoms with Crippen LogP contribution in [0.3, 0.4) is 0 Å². The minimum atomic E-state index is -0.267. The number of nitrogens with one attached hydrogen (secondary N) is 1. The molecule has 1 amide bonds. The van der Waals surface area contributed by atoms with Gasteiger partial charge in [0.15, 0.2) is 4.34 Å². The molecular formula is C19H16ClN3OS2. The first-order valence-corrected chi connectivity index (χ1v) is 10.0. The lowest BCUT2D eigenvalue weighted by Crippen LogP contribution is -2.07. The third-order valence-electron chi connectivity index (χ3n) is 3.57. The van der Waals surface area contributed by atoms with Crippen LogP contribution in [0.1, 0.15) is 16.7 Å². The fourth-order valence-electron chi connectivity index (χ4n) is 2.15. The summed E-state index contributed by atoms with van der Waals surface area (Å²) in [5.41, 5.74) is 3.31. The monoisotopic (exact) mass is 401 g/mol. The Morgan fingerprint density at radius 3 is 2.77 bits per heavy atom. The molecule has 0 aliphatic heterocycles. The lowest BCUT2D eigenvalue weighted by atomic mass is 10.1. The molecule has 26 heavy (non-hydrogen) atoms. The van der Waals surface area contributed by atoms with Gasteiger partial charge in [0.2, 0.25) is 11.0 Å². The van der Waals surface area contributed by atoms with Crippen molar-refractivity contribution in [3.05, 3.63) is 76.3 Å². The van der Waals surface area contributed by atoms with Crippen LogP contribution in [0.15, 0.2) is 58.9 Å². The number of carbonyl (C=O) groups excluding carboxylic acids is 1. The van der Waals surface area contributed by atoms with Gasteiger partial charge in [-0.15, -0.1) is 10.2 Å². The number of rotatable bonds is 6. The summed E-state index contributed by atoms with van der Waals surface area (Å²) >= 11 is 9.03. The first kappa shape index (κ1) is 18.6. The zero-order chi connectivity index (χ0) is 18.4.